The molecular formula is C23H28N8O2S. The van der Waals surface area contributed by atoms with E-state index in [0.717, 1.165) is 77.0 Å². The molecule has 10 nitrogen and oxygen atoms in total. The monoisotopic (exact) mass is 480 g/mol. The van der Waals surface area contributed by atoms with Gasteiger partial charge in [0.2, 0.25) is 0 Å². The highest BCUT2D eigenvalue weighted by Crippen LogP contribution is 2.38. The highest BCUT2D eigenvalue weighted by molar-refractivity contribution is 7.14. The first-order chi connectivity index (χ1) is 16.6. The van der Waals surface area contributed by atoms with Crippen molar-refractivity contribution in [2.45, 2.75) is 52.3 Å². The summed E-state index contributed by atoms with van der Waals surface area (Å²) in [7, 11) is 0. The maximum Gasteiger partial charge on any atom is 0.150 e. The Morgan fingerprint density at radius 1 is 1.12 bits per heavy atom. The van der Waals surface area contributed by atoms with Gasteiger partial charge in [-0.05, 0) is 57.6 Å². The molecule has 0 aliphatic carbocycles. The fraction of sp³-hybridized carbons (Fsp3) is 0.522. The number of morpholine rings is 1. The number of ether oxygens (including phenoxy) is 2. The lowest BCUT2D eigenvalue weighted by Gasteiger charge is -2.34. The number of hydrogen-bond donors (Lipinski definition) is 0. The quantitative estimate of drug-likeness (QED) is 0.437. The SMILES string of the molecule is Cc1cc(-c2nsc3c(-n4cnc(C)n4)cc(N4CCOC[C@H]4C)nc23)n(C2CCCCO2)n1. The van der Waals surface area contributed by atoms with Crippen molar-refractivity contribution >= 4 is 27.6 Å². The highest BCUT2D eigenvalue weighted by atomic mass is 32.1. The minimum atomic E-state index is -0.0749. The van der Waals surface area contributed by atoms with Gasteiger partial charge in [0.1, 0.15) is 33.9 Å². The second-order valence-electron chi connectivity index (χ2n) is 9.00. The maximum absolute atomic E-state index is 6.07. The van der Waals surface area contributed by atoms with Crippen LogP contribution < -0.4 is 4.90 Å². The Morgan fingerprint density at radius 3 is 2.79 bits per heavy atom. The van der Waals surface area contributed by atoms with E-state index in [1.807, 2.05) is 23.2 Å². The number of anilines is 1. The van der Waals surface area contributed by atoms with Crippen molar-refractivity contribution in [3.63, 3.8) is 0 Å². The number of rotatable bonds is 4. The van der Waals surface area contributed by atoms with Crippen molar-refractivity contribution in [3.05, 3.63) is 30.0 Å². The average Bonchev–Trinajstić information content (AvgIpc) is 3.57. The van der Waals surface area contributed by atoms with E-state index in [4.69, 9.17) is 23.9 Å². The number of fused-ring (bicyclic) bond motifs is 1. The Labute approximate surface area is 201 Å². The van der Waals surface area contributed by atoms with E-state index in [1.54, 1.807) is 6.33 Å². The van der Waals surface area contributed by atoms with Gasteiger partial charge in [0.25, 0.3) is 0 Å². The summed E-state index contributed by atoms with van der Waals surface area (Å²) in [6.07, 6.45) is 4.85. The van der Waals surface area contributed by atoms with Gasteiger partial charge in [0.15, 0.2) is 6.23 Å². The van der Waals surface area contributed by atoms with Gasteiger partial charge in [-0.2, -0.15) is 14.6 Å². The molecule has 0 amide bonds. The molecule has 2 aliphatic rings. The van der Waals surface area contributed by atoms with E-state index in [-0.39, 0.29) is 12.3 Å². The fourth-order valence-electron chi connectivity index (χ4n) is 4.74. The molecule has 0 bridgehead atoms. The number of aryl methyl sites for hydroxylation is 2. The summed E-state index contributed by atoms with van der Waals surface area (Å²) < 4.78 is 21.4. The van der Waals surface area contributed by atoms with Crippen LogP contribution >= 0.6 is 11.5 Å². The lowest BCUT2D eigenvalue weighted by Crippen LogP contribution is -2.44. The Morgan fingerprint density at radius 2 is 2.03 bits per heavy atom. The third kappa shape index (κ3) is 3.77. The van der Waals surface area contributed by atoms with Crippen LogP contribution in [0, 0.1) is 13.8 Å². The molecule has 0 saturated carbocycles. The van der Waals surface area contributed by atoms with Crippen LogP contribution in [0.3, 0.4) is 0 Å². The zero-order valence-corrected chi connectivity index (χ0v) is 20.5. The third-order valence-corrected chi connectivity index (χ3v) is 7.30. The van der Waals surface area contributed by atoms with E-state index in [2.05, 4.69) is 34.0 Å². The lowest BCUT2D eigenvalue weighted by atomic mass is 10.1. The summed E-state index contributed by atoms with van der Waals surface area (Å²) in [5.41, 5.74) is 4.49. The molecule has 0 aromatic carbocycles. The van der Waals surface area contributed by atoms with Crippen molar-refractivity contribution < 1.29 is 9.47 Å². The molecule has 2 atom stereocenters. The molecule has 0 spiro atoms. The highest BCUT2D eigenvalue weighted by Gasteiger charge is 2.27. The van der Waals surface area contributed by atoms with Crippen molar-refractivity contribution in [3.8, 4) is 17.1 Å². The standard InChI is InChI=1S/C23H28N8O2S/c1-14-10-17(31(26-14)20-6-4-5-8-33-20)21-22-23(34-28-21)18(30-13-24-16(3)27-30)11-19(25-22)29-7-9-32-12-15(29)2/h10-11,13,15,20H,4-9,12H2,1-3H3/t15-,20?/m1/s1. The van der Waals surface area contributed by atoms with E-state index in [0.29, 0.717) is 13.2 Å². The first kappa shape index (κ1) is 21.6. The summed E-state index contributed by atoms with van der Waals surface area (Å²) >= 11 is 1.43. The van der Waals surface area contributed by atoms with Gasteiger partial charge in [0, 0.05) is 19.2 Å². The van der Waals surface area contributed by atoms with Gasteiger partial charge in [-0.25, -0.2) is 19.3 Å². The molecule has 11 heteroatoms. The molecule has 6 rings (SSSR count). The van der Waals surface area contributed by atoms with Gasteiger partial charge in [-0.15, -0.1) is 0 Å². The van der Waals surface area contributed by atoms with Crippen LogP contribution in [0.2, 0.25) is 0 Å². The molecule has 178 valence electrons. The van der Waals surface area contributed by atoms with Gasteiger partial charge in [-0.3, -0.25) is 0 Å². The summed E-state index contributed by atoms with van der Waals surface area (Å²) in [5, 5.41) is 9.37. The van der Waals surface area contributed by atoms with Crippen LogP contribution in [-0.4, -0.2) is 66.3 Å². The first-order valence-electron chi connectivity index (χ1n) is 11.8. The normalized spacial score (nSPS) is 21.4. The summed E-state index contributed by atoms with van der Waals surface area (Å²) in [4.78, 5) is 11.8. The minimum absolute atomic E-state index is 0.0749. The molecule has 2 aliphatic heterocycles. The van der Waals surface area contributed by atoms with Gasteiger partial charge in [0.05, 0.1) is 36.3 Å². The maximum atomic E-state index is 6.07. The molecular weight excluding hydrogens is 452 g/mol. The van der Waals surface area contributed by atoms with Crippen LogP contribution in [0.4, 0.5) is 5.82 Å². The molecule has 2 saturated heterocycles. The summed E-state index contributed by atoms with van der Waals surface area (Å²) in [6, 6.07) is 4.40. The van der Waals surface area contributed by atoms with Gasteiger partial charge in [-0.1, -0.05) is 0 Å². The molecule has 2 fully saturated rings. The predicted octanol–water partition coefficient (Wildman–Crippen LogP) is 3.68. The number of hydrogen-bond acceptors (Lipinski definition) is 9. The molecule has 4 aromatic rings. The first-order valence-corrected chi connectivity index (χ1v) is 12.6. The molecule has 6 heterocycles. The number of pyridine rings is 1. The molecule has 4 aromatic heterocycles. The van der Waals surface area contributed by atoms with Crippen LogP contribution in [0.5, 0.6) is 0 Å². The van der Waals surface area contributed by atoms with E-state index < -0.39 is 0 Å². The Bertz CT molecular complexity index is 1320. The average molecular weight is 481 g/mol. The van der Waals surface area contributed by atoms with Gasteiger partial charge >= 0.3 is 0 Å². The second kappa shape index (κ2) is 8.71. The summed E-state index contributed by atoms with van der Waals surface area (Å²) in [5.74, 6) is 1.61. The third-order valence-electron chi connectivity index (χ3n) is 6.44. The van der Waals surface area contributed by atoms with Crippen LogP contribution in [-0.2, 0) is 9.47 Å². The smallest absolute Gasteiger partial charge is 0.150 e. The number of nitrogens with zero attached hydrogens (tertiary/aromatic N) is 8. The van der Waals surface area contributed by atoms with E-state index in [1.165, 1.54) is 11.5 Å². The van der Waals surface area contributed by atoms with Crippen LogP contribution in [0.1, 0.15) is 43.9 Å². The molecule has 1 unspecified atom stereocenters. The molecule has 0 N–H and O–H groups in total. The Hall–Kier alpha value is -2.89. The summed E-state index contributed by atoms with van der Waals surface area (Å²) in [6.45, 7) is 8.97. The fourth-order valence-corrected chi connectivity index (χ4v) is 5.57. The lowest BCUT2D eigenvalue weighted by molar-refractivity contribution is -0.0385. The predicted molar refractivity (Wildman–Crippen MR) is 129 cm³/mol. The molecule has 34 heavy (non-hydrogen) atoms. The van der Waals surface area contributed by atoms with Crippen molar-refractivity contribution in [2.24, 2.45) is 0 Å². The largest absolute Gasteiger partial charge is 0.377 e. The van der Waals surface area contributed by atoms with Crippen molar-refractivity contribution in [2.75, 3.05) is 31.3 Å². The second-order valence-corrected chi connectivity index (χ2v) is 9.77. The Balaban J connectivity index is 1.54. The van der Waals surface area contributed by atoms with E-state index >= 15 is 0 Å². The Kier molecular flexibility index (Phi) is 5.54. The topological polar surface area (TPSA) is 96.0 Å². The number of aromatic nitrogens is 7. The van der Waals surface area contributed by atoms with Crippen LogP contribution in [0.15, 0.2) is 18.5 Å². The minimum Gasteiger partial charge on any atom is -0.377 e. The van der Waals surface area contributed by atoms with E-state index in [9.17, 15) is 0 Å². The zero-order valence-electron chi connectivity index (χ0n) is 19.6. The van der Waals surface area contributed by atoms with Gasteiger partial charge < -0.3 is 14.4 Å². The van der Waals surface area contributed by atoms with Crippen molar-refractivity contribution in [1.29, 1.82) is 0 Å². The zero-order chi connectivity index (χ0) is 23.2. The van der Waals surface area contributed by atoms with Crippen molar-refractivity contribution in [1.82, 2.24) is 33.9 Å². The molecule has 0 radical (unpaired) electrons. The van der Waals surface area contributed by atoms with Crippen LogP contribution in [0.25, 0.3) is 27.3 Å².